The predicted molar refractivity (Wildman–Crippen MR) is 103 cm³/mol. The lowest BCUT2D eigenvalue weighted by atomic mass is 10.1. The van der Waals surface area contributed by atoms with E-state index in [4.69, 9.17) is 0 Å². The minimum Gasteiger partial charge on any atom is -0.343 e. The van der Waals surface area contributed by atoms with Crippen LogP contribution in [0.3, 0.4) is 0 Å². The van der Waals surface area contributed by atoms with Crippen LogP contribution in [0.2, 0.25) is 0 Å². The van der Waals surface area contributed by atoms with Gasteiger partial charge in [-0.1, -0.05) is 30.3 Å². The highest BCUT2D eigenvalue weighted by atomic mass is 16.2. The molecular formula is C21H29N3O3. The van der Waals surface area contributed by atoms with Crippen LogP contribution in [0, 0.1) is 0 Å². The molecule has 27 heavy (non-hydrogen) atoms. The quantitative estimate of drug-likeness (QED) is 0.699. The zero-order valence-electron chi connectivity index (χ0n) is 16.1. The zero-order valence-corrected chi connectivity index (χ0v) is 16.1. The number of aryl methyl sites for hydroxylation is 1. The van der Waals surface area contributed by atoms with Gasteiger partial charge in [-0.2, -0.15) is 0 Å². The van der Waals surface area contributed by atoms with Gasteiger partial charge in [0.05, 0.1) is 6.54 Å². The summed E-state index contributed by atoms with van der Waals surface area (Å²) < 4.78 is 0. The van der Waals surface area contributed by atoms with E-state index in [1.54, 1.807) is 9.80 Å². The molecule has 2 heterocycles. The maximum Gasteiger partial charge on any atom is 0.245 e. The van der Waals surface area contributed by atoms with Crippen molar-refractivity contribution in [1.82, 2.24) is 14.7 Å². The molecule has 1 aromatic rings. The summed E-state index contributed by atoms with van der Waals surface area (Å²) in [6.07, 6.45) is 4.04. The molecule has 146 valence electrons. The SMILES string of the molecule is C[C@H]1C(=O)N(CCCN2CCCC2=O)CC(=O)N1CCCc1ccccc1. The number of carbonyl (C=O) groups is 3. The number of hydrogen-bond acceptors (Lipinski definition) is 3. The lowest BCUT2D eigenvalue weighted by Gasteiger charge is -2.39. The Morgan fingerprint density at radius 1 is 0.926 bits per heavy atom. The van der Waals surface area contributed by atoms with Crippen LogP contribution in [0.15, 0.2) is 30.3 Å². The third-order valence-electron chi connectivity index (χ3n) is 5.52. The fourth-order valence-electron chi connectivity index (χ4n) is 3.94. The number of likely N-dealkylation sites (tertiary alicyclic amines) is 1. The van der Waals surface area contributed by atoms with Gasteiger partial charge < -0.3 is 14.7 Å². The topological polar surface area (TPSA) is 60.9 Å². The molecule has 6 heteroatoms. The fourth-order valence-corrected chi connectivity index (χ4v) is 3.94. The molecule has 0 N–H and O–H groups in total. The van der Waals surface area contributed by atoms with E-state index < -0.39 is 6.04 Å². The highest BCUT2D eigenvalue weighted by Crippen LogP contribution is 2.15. The van der Waals surface area contributed by atoms with Crippen molar-refractivity contribution in [3.63, 3.8) is 0 Å². The fraction of sp³-hybridized carbons (Fsp3) is 0.571. The summed E-state index contributed by atoms with van der Waals surface area (Å²) in [5, 5.41) is 0. The molecule has 0 radical (unpaired) electrons. The minimum absolute atomic E-state index is 0.0158. The van der Waals surface area contributed by atoms with Gasteiger partial charge in [0.2, 0.25) is 17.7 Å². The summed E-state index contributed by atoms with van der Waals surface area (Å²) in [6.45, 7) is 4.61. The van der Waals surface area contributed by atoms with Gasteiger partial charge in [-0.3, -0.25) is 14.4 Å². The van der Waals surface area contributed by atoms with E-state index in [-0.39, 0.29) is 24.3 Å². The Labute approximate surface area is 161 Å². The van der Waals surface area contributed by atoms with Gasteiger partial charge in [0, 0.05) is 32.6 Å². The van der Waals surface area contributed by atoms with Crippen molar-refractivity contribution in [1.29, 1.82) is 0 Å². The lowest BCUT2D eigenvalue weighted by Crippen LogP contribution is -2.59. The van der Waals surface area contributed by atoms with Crippen LogP contribution < -0.4 is 0 Å². The first-order chi connectivity index (χ1) is 13.1. The van der Waals surface area contributed by atoms with E-state index in [0.29, 0.717) is 26.1 Å². The second-order valence-corrected chi connectivity index (χ2v) is 7.45. The number of hydrogen-bond donors (Lipinski definition) is 0. The van der Waals surface area contributed by atoms with E-state index in [0.717, 1.165) is 32.2 Å². The van der Waals surface area contributed by atoms with Crippen LogP contribution in [0.4, 0.5) is 0 Å². The van der Waals surface area contributed by atoms with Crippen LogP contribution in [-0.2, 0) is 20.8 Å². The maximum atomic E-state index is 12.7. The number of carbonyl (C=O) groups excluding carboxylic acids is 3. The molecule has 6 nitrogen and oxygen atoms in total. The van der Waals surface area contributed by atoms with E-state index in [2.05, 4.69) is 12.1 Å². The summed E-state index contributed by atoms with van der Waals surface area (Å²) in [7, 11) is 0. The van der Waals surface area contributed by atoms with E-state index in [1.807, 2.05) is 30.0 Å². The third-order valence-corrected chi connectivity index (χ3v) is 5.52. The van der Waals surface area contributed by atoms with Crippen LogP contribution >= 0.6 is 0 Å². The molecule has 0 bridgehead atoms. The number of benzene rings is 1. The third kappa shape index (κ3) is 4.87. The summed E-state index contributed by atoms with van der Waals surface area (Å²) in [5.41, 5.74) is 1.25. The molecule has 2 aliphatic heterocycles. The molecule has 2 fully saturated rings. The standard InChI is InChI=1S/C21H29N3O3/c1-17-21(27)23(14-7-13-22-12-6-11-19(22)25)16-20(26)24(17)15-5-10-18-8-3-2-4-9-18/h2-4,8-9,17H,5-7,10-16H2,1H3/t17-/m0/s1. The largest absolute Gasteiger partial charge is 0.343 e. The Hall–Kier alpha value is -2.37. The van der Waals surface area contributed by atoms with Crippen molar-refractivity contribution < 1.29 is 14.4 Å². The number of rotatable bonds is 8. The van der Waals surface area contributed by atoms with Crippen LogP contribution in [0.1, 0.15) is 38.2 Å². The summed E-state index contributed by atoms with van der Waals surface area (Å²) in [6, 6.07) is 9.78. The smallest absolute Gasteiger partial charge is 0.245 e. The Morgan fingerprint density at radius 2 is 1.67 bits per heavy atom. The second kappa shape index (κ2) is 9.02. The molecule has 0 spiro atoms. The average molecular weight is 371 g/mol. The van der Waals surface area contributed by atoms with E-state index in [1.165, 1.54) is 5.56 Å². The maximum absolute atomic E-state index is 12.7. The Bertz CT molecular complexity index is 677. The van der Waals surface area contributed by atoms with Gasteiger partial charge in [0.15, 0.2) is 0 Å². The van der Waals surface area contributed by atoms with Gasteiger partial charge in [0.1, 0.15) is 6.04 Å². The van der Waals surface area contributed by atoms with Crippen LogP contribution in [0.25, 0.3) is 0 Å². The summed E-state index contributed by atoms with van der Waals surface area (Å²) >= 11 is 0. The zero-order chi connectivity index (χ0) is 19.2. The van der Waals surface area contributed by atoms with Gasteiger partial charge in [0.25, 0.3) is 0 Å². The van der Waals surface area contributed by atoms with E-state index >= 15 is 0 Å². The number of piperazine rings is 1. The first-order valence-corrected chi connectivity index (χ1v) is 9.96. The molecule has 0 saturated carbocycles. The molecule has 1 atom stereocenters. The normalized spacial score (nSPS) is 20.7. The highest BCUT2D eigenvalue weighted by molar-refractivity contribution is 5.94. The monoisotopic (exact) mass is 371 g/mol. The van der Waals surface area contributed by atoms with Crippen LogP contribution in [0.5, 0.6) is 0 Å². The molecule has 1 aromatic carbocycles. The predicted octanol–water partition coefficient (Wildman–Crippen LogP) is 1.69. The van der Waals surface area contributed by atoms with E-state index in [9.17, 15) is 14.4 Å². The molecular weight excluding hydrogens is 342 g/mol. The molecule has 2 saturated heterocycles. The summed E-state index contributed by atoms with van der Waals surface area (Å²) in [4.78, 5) is 42.1. The lowest BCUT2D eigenvalue weighted by molar-refractivity contribution is -0.155. The molecule has 0 unspecified atom stereocenters. The van der Waals surface area contributed by atoms with Crippen molar-refractivity contribution in [2.45, 2.75) is 45.1 Å². The number of amides is 3. The van der Waals surface area contributed by atoms with Crippen molar-refractivity contribution in [3.05, 3.63) is 35.9 Å². The number of nitrogens with zero attached hydrogens (tertiary/aromatic N) is 3. The van der Waals surface area contributed by atoms with Crippen molar-refractivity contribution in [2.75, 3.05) is 32.7 Å². The van der Waals surface area contributed by atoms with Gasteiger partial charge in [-0.25, -0.2) is 0 Å². The molecule has 2 aliphatic rings. The molecule has 3 amide bonds. The molecule has 0 aliphatic carbocycles. The first-order valence-electron chi connectivity index (χ1n) is 9.96. The van der Waals surface area contributed by atoms with Gasteiger partial charge in [-0.15, -0.1) is 0 Å². The Balaban J connectivity index is 1.44. The van der Waals surface area contributed by atoms with Gasteiger partial charge >= 0.3 is 0 Å². The van der Waals surface area contributed by atoms with Crippen molar-refractivity contribution in [3.8, 4) is 0 Å². The second-order valence-electron chi connectivity index (χ2n) is 7.45. The first kappa shape index (κ1) is 19.4. The Kier molecular flexibility index (Phi) is 6.48. The average Bonchev–Trinajstić information content (AvgIpc) is 3.08. The van der Waals surface area contributed by atoms with Crippen LogP contribution in [-0.4, -0.2) is 71.2 Å². The van der Waals surface area contributed by atoms with Crippen molar-refractivity contribution >= 4 is 17.7 Å². The van der Waals surface area contributed by atoms with Gasteiger partial charge in [-0.05, 0) is 38.2 Å². The van der Waals surface area contributed by atoms with Crippen molar-refractivity contribution in [2.24, 2.45) is 0 Å². The Morgan fingerprint density at radius 3 is 2.37 bits per heavy atom. The highest BCUT2D eigenvalue weighted by Gasteiger charge is 2.35. The molecule has 0 aromatic heterocycles. The summed E-state index contributed by atoms with van der Waals surface area (Å²) in [5.74, 6) is 0.239. The minimum atomic E-state index is -0.407. The molecule has 3 rings (SSSR count).